The average Bonchev–Trinajstić information content (AvgIpc) is 2.83. The van der Waals surface area contributed by atoms with Gasteiger partial charge in [-0.05, 0) is 46.3 Å². The van der Waals surface area contributed by atoms with E-state index >= 15 is 0 Å². The molecule has 1 aromatic heterocycles. The van der Waals surface area contributed by atoms with Gasteiger partial charge < -0.3 is 15.2 Å². The number of guanidine groups is 1. The Kier molecular flexibility index (Phi) is 8.06. The molecule has 1 aliphatic rings. The first-order chi connectivity index (χ1) is 12.1. The number of rotatable bonds is 8. The summed E-state index contributed by atoms with van der Waals surface area (Å²) in [5, 5.41) is 15.6. The highest BCUT2D eigenvalue weighted by Crippen LogP contribution is 2.21. The fraction of sp³-hybridized carbons (Fsp3) is 0.833. The van der Waals surface area contributed by atoms with Gasteiger partial charge >= 0.3 is 0 Å². The van der Waals surface area contributed by atoms with Crippen molar-refractivity contribution < 1.29 is 0 Å². The Morgan fingerprint density at radius 1 is 1.24 bits per heavy atom. The van der Waals surface area contributed by atoms with E-state index in [0.29, 0.717) is 0 Å². The molecule has 2 N–H and O–H groups in total. The number of fused-ring (bicyclic) bond motifs is 1. The summed E-state index contributed by atoms with van der Waals surface area (Å²) < 4.78 is 2.51. The predicted octanol–water partition coefficient (Wildman–Crippen LogP) is 2.63. The van der Waals surface area contributed by atoms with Crippen LogP contribution < -0.4 is 10.6 Å². The van der Waals surface area contributed by atoms with Crippen LogP contribution in [0.4, 0.5) is 0 Å². The highest BCUT2D eigenvalue weighted by molar-refractivity contribution is 7.99. The lowest BCUT2D eigenvalue weighted by Gasteiger charge is -2.20. The number of aryl methyl sites for hydroxylation is 2. The molecule has 1 aliphatic heterocycles. The minimum absolute atomic E-state index is 0.168. The van der Waals surface area contributed by atoms with Crippen LogP contribution in [0.3, 0.4) is 0 Å². The van der Waals surface area contributed by atoms with Crippen molar-refractivity contribution in [1.29, 1.82) is 0 Å². The molecular formula is C18H34N6S. The summed E-state index contributed by atoms with van der Waals surface area (Å²) in [5.41, 5.74) is 0. The van der Waals surface area contributed by atoms with E-state index in [0.717, 1.165) is 57.2 Å². The summed E-state index contributed by atoms with van der Waals surface area (Å²) in [6.45, 7) is 10.2. The minimum atomic E-state index is 0.168. The second-order valence-corrected chi connectivity index (χ2v) is 8.70. The lowest BCUT2D eigenvalue weighted by atomic mass is 10.2. The van der Waals surface area contributed by atoms with Gasteiger partial charge in [-0.15, -0.1) is 10.2 Å². The number of nitrogens with one attached hydrogen (secondary N) is 2. The molecule has 0 bridgehead atoms. The zero-order valence-corrected chi connectivity index (χ0v) is 17.1. The van der Waals surface area contributed by atoms with Crippen LogP contribution in [-0.4, -0.2) is 51.4 Å². The van der Waals surface area contributed by atoms with Gasteiger partial charge in [0.2, 0.25) is 0 Å². The molecule has 0 spiro atoms. The topological polar surface area (TPSA) is 67.1 Å². The molecular weight excluding hydrogens is 332 g/mol. The number of nitrogens with zero attached hydrogens (tertiary/aromatic N) is 4. The predicted molar refractivity (Wildman–Crippen MR) is 107 cm³/mol. The molecule has 0 fully saturated rings. The lowest BCUT2D eigenvalue weighted by Crippen LogP contribution is -2.39. The fourth-order valence-electron chi connectivity index (χ4n) is 2.86. The number of aromatic nitrogens is 3. The first kappa shape index (κ1) is 20.1. The Morgan fingerprint density at radius 3 is 2.84 bits per heavy atom. The molecule has 7 heteroatoms. The maximum absolute atomic E-state index is 4.71. The van der Waals surface area contributed by atoms with Crippen molar-refractivity contribution in [2.45, 2.75) is 70.6 Å². The van der Waals surface area contributed by atoms with Crippen molar-refractivity contribution in [3.63, 3.8) is 0 Å². The van der Waals surface area contributed by atoms with Gasteiger partial charge in [-0.1, -0.05) is 6.42 Å². The highest BCUT2D eigenvalue weighted by Gasteiger charge is 2.16. The van der Waals surface area contributed by atoms with E-state index in [9.17, 15) is 0 Å². The van der Waals surface area contributed by atoms with E-state index in [-0.39, 0.29) is 4.75 Å². The third-order valence-electron chi connectivity index (χ3n) is 4.57. The highest BCUT2D eigenvalue weighted by atomic mass is 32.2. The molecule has 25 heavy (non-hydrogen) atoms. The Hall–Kier alpha value is -1.24. The van der Waals surface area contributed by atoms with Crippen LogP contribution in [0.25, 0.3) is 0 Å². The van der Waals surface area contributed by atoms with Crippen molar-refractivity contribution in [3.05, 3.63) is 11.6 Å². The van der Waals surface area contributed by atoms with Crippen molar-refractivity contribution in [3.8, 4) is 0 Å². The van der Waals surface area contributed by atoms with Gasteiger partial charge in [0.05, 0.1) is 6.54 Å². The summed E-state index contributed by atoms with van der Waals surface area (Å²) in [6, 6.07) is 0. The molecule has 0 amide bonds. The molecule has 0 aromatic carbocycles. The van der Waals surface area contributed by atoms with Crippen molar-refractivity contribution in [1.82, 2.24) is 25.4 Å². The summed E-state index contributed by atoms with van der Waals surface area (Å²) in [4.78, 5) is 4.71. The SMILES string of the molecule is CCNC(=NCC(C)(C)SC)NCCCc1nnc2n1CCCCC2. The maximum atomic E-state index is 4.71. The average molecular weight is 367 g/mol. The number of aliphatic imine (C=N–C) groups is 1. The first-order valence-corrected chi connectivity index (χ1v) is 10.8. The molecule has 1 aromatic rings. The third-order valence-corrected chi connectivity index (χ3v) is 5.80. The van der Waals surface area contributed by atoms with E-state index in [4.69, 9.17) is 4.99 Å². The van der Waals surface area contributed by atoms with E-state index in [1.807, 2.05) is 11.8 Å². The monoisotopic (exact) mass is 366 g/mol. The summed E-state index contributed by atoms with van der Waals surface area (Å²) in [6.07, 6.45) is 9.02. The third kappa shape index (κ3) is 6.53. The molecule has 6 nitrogen and oxygen atoms in total. The molecule has 0 radical (unpaired) electrons. The van der Waals surface area contributed by atoms with Crippen molar-refractivity contribution in [2.24, 2.45) is 4.99 Å². The lowest BCUT2D eigenvalue weighted by molar-refractivity contribution is 0.593. The van der Waals surface area contributed by atoms with Crippen molar-refractivity contribution in [2.75, 3.05) is 25.9 Å². The van der Waals surface area contributed by atoms with Gasteiger partial charge in [-0.2, -0.15) is 11.8 Å². The second kappa shape index (κ2) is 10.0. The van der Waals surface area contributed by atoms with Gasteiger partial charge in [-0.25, -0.2) is 0 Å². The summed E-state index contributed by atoms with van der Waals surface area (Å²) in [7, 11) is 0. The fourth-order valence-corrected chi connectivity index (χ4v) is 3.05. The van der Waals surface area contributed by atoms with Gasteiger partial charge in [-0.3, -0.25) is 4.99 Å². The van der Waals surface area contributed by atoms with Crippen LogP contribution >= 0.6 is 11.8 Å². The maximum Gasteiger partial charge on any atom is 0.191 e. The van der Waals surface area contributed by atoms with E-state index in [1.165, 1.54) is 25.1 Å². The molecule has 2 rings (SSSR count). The van der Waals surface area contributed by atoms with Crippen LogP contribution in [0.2, 0.25) is 0 Å². The van der Waals surface area contributed by atoms with Crippen LogP contribution in [0.1, 0.15) is 58.1 Å². The zero-order valence-electron chi connectivity index (χ0n) is 16.3. The van der Waals surface area contributed by atoms with Crippen LogP contribution in [0, 0.1) is 0 Å². The molecule has 0 aliphatic carbocycles. The van der Waals surface area contributed by atoms with Gasteiger partial charge in [0, 0.05) is 37.2 Å². The Morgan fingerprint density at radius 2 is 2.08 bits per heavy atom. The zero-order chi connectivity index (χ0) is 18.1. The molecule has 0 atom stereocenters. The summed E-state index contributed by atoms with van der Waals surface area (Å²) >= 11 is 1.85. The molecule has 0 saturated carbocycles. The van der Waals surface area contributed by atoms with Crippen LogP contribution in [-0.2, 0) is 19.4 Å². The molecule has 0 saturated heterocycles. The van der Waals surface area contributed by atoms with Gasteiger partial charge in [0.15, 0.2) is 5.96 Å². The largest absolute Gasteiger partial charge is 0.357 e. The molecule has 142 valence electrons. The molecule has 0 unspecified atom stereocenters. The standard InChI is InChI=1S/C18H34N6S/c1-5-19-17(21-14-18(2,3)25-4)20-12-9-11-16-23-22-15-10-7-6-8-13-24(15)16/h5-14H2,1-4H3,(H2,19,20,21). The van der Waals surface area contributed by atoms with E-state index in [1.54, 1.807) is 0 Å². The molecule has 2 heterocycles. The Balaban J connectivity index is 1.80. The minimum Gasteiger partial charge on any atom is -0.357 e. The number of hydrogen-bond donors (Lipinski definition) is 2. The quantitative estimate of drug-likeness (QED) is 0.421. The summed E-state index contributed by atoms with van der Waals surface area (Å²) in [5.74, 6) is 3.23. The van der Waals surface area contributed by atoms with Crippen molar-refractivity contribution >= 4 is 17.7 Å². The van der Waals surface area contributed by atoms with Crippen LogP contribution in [0.15, 0.2) is 4.99 Å². The van der Waals surface area contributed by atoms with Gasteiger partial charge in [0.25, 0.3) is 0 Å². The van der Waals surface area contributed by atoms with E-state index in [2.05, 4.69) is 52.4 Å². The van der Waals surface area contributed by atoms with Gasteiger partial charge in [0.1, 0.15) is 11.6 Å². The smallest absolute Gasteiger partial charge is 0.191 e. The first-order valence-electron chi connectivity index (χ1n) is 9.54. The Bertz CT molecular complexity index is 552. The number of hydrogen-bond acceptors (Lipinski definition) is 4. The normalized spacial score (nSPS) is 15.6. The second-order valence-electron chi connectivity index (χ2n) is 7.18. The number of thioether (sulfide) groups is 1. The Labute approximate surface area is 156 Å². The van der Waals surface area contributed by atoms with Crippen LogP contribution in [0.5, 0.6) is 0 Å². The van der Waals surface area contributed by atoms with E-state index < -0.39 is 0 Å².